The fourth-order valence-electron chi connectivity index (χ4n) is 2.93. The van der Waals surface area contributed by atoms with Crippen LogP contribution < -0.4 is 15.2 Å². The number of carbonyl (C=O) groups is 1. The number of amides is 1. The summed E-state index contributed by atoms with van der Waals surface area (Å²) in [7, 11) is -3.86. The minimum absolute atomic E-state index is 0.0144. The molecule has 0 aliphatic rings. The zero-order chi connectivity index (χ0) is 26.2. The molecule has 0 aliphatic carbocycles. The van der Waals surface area contributed by atoms with Crippen molar-refractivity contribution < 1.29 is 31.1 Å². The number of hydrogen-bond donors (Lipinski definition) is 2. The van der Waals surface area contributed by atoms with Gasteiger partial charge in [-0.15, -0.1) is 0 Å². The Morgan fingerprint density at radius 3 is 2.34 bits per heavy atom. The number of nitrogens with two attached hydrogens (primary N) is 1. The summed E-state index contributed by atoms with van der Waals surface area (Å²) in [5.41, 5.74) is -1.60. The van der Waals surface area contributed by atoms with E-state index in [0.717, 1.165) is 18.5 Å². The number of alkyl halides is 3. The lowest BCUT2D eigenvalue weighted by atomic mass is 10.1. The number of halogens is 4. The van der Waals surface area contributed by atoms with Crippen molar-refractivity contribution >= 4 is 27.5 Å². The average molecular weight is 532 g/mol. The predicted molar refractivity (Wildman–Crippen MR) is 121 cm³/mol. The summed E-state index contributed by atoms with van der Waals surface area (Å²) in [5, 5.41) is 11.5. The Morgan fingerprint density at radius 2 is 1.80 bits per heavy atom. The summed E-state index contributed by atoms with van der Waals surface area (Å²) in [6.45, 7) is 5.09. The first-order valence-corrected chi connectivity index (χ1v) is 11.9. The topological polar surface area (TPSA) is 129 Å². The summed E-state index contributed by atoms with van der Waals surface area (Å²) in [6, 6.07) is 6.26. The first kappa shape index (κ1) is 26.4. The van der Waals surface area contributed by atoms with E-state index >= 15 is 0 Å². The number of aromatic nitrogens is 3. The van der Waals surface area contributed by atoms with E-state index in [0.29, 0.717) is 5.56 Å². The van der Waals surface area contributed by atoms with Crippen LogP contribution in [-0.2, 0) is 28.3 Å². The summed E-state index contributed by atoms with van der Waals surface area (Å²) in [4.78, 5) is 16.4. The third-order valence-electron chi connectivity index (χ3n) is 4.64. The van der Waals surface area contributed by atoms with Gasteiger partial charge >= 0.3 is 6.18 Å². The Balaban J connectivity index is 1.90. The van der Waals surface area contributed by atoms with Gasteiger partial charge in [0.25, 0.3) is 5.91 Å². The maximum atomic E-state index is 13.4. The van der Waals surface area contributed by atoms with Crippen molar-refractivity contribution in [3.05, 3.63) is 64.6 Å². The van der Waals surface area contributed by atoms with Gasteiger partial charge in [0.1, 0.15) is 10.6 Å². The van der Waals surface area contributed by atoms with Gasteiger partial charge in [-0.3, -0.25) is 9.78 Å². The molecule has 3 rings (SSSR count). The van der Waals surface area contributed by atoms with Gasteiger partial charge in [-0.05, 0) is 44.5 Å². The quantitative estimate of drug-likeness (QED) is 0.493. The number of benzene rings is 1. The first-order valence-electron chi connectivity index (χ1n) is 9.97. The van der Waals surface area contributed by atoms with Crippen molar-refractivity contribution in [2.45, 2.75) is 43.9 Å². The highest BCUT2D eigenvalue weighted by Crippen LogP contribution is 2.41. The van der Waals surface area contributed by atoms with E-state index < -0.39 is 39.0 Å². The van der Waals surface area contributed by atoms with Crippen LogP contribution in [0, 0.1) is 0 Å². The Bertz CT molecular complexity index is 1350. The fraction of sp³-hybridized carbons (Fsp3) is 0.286. The number of sulfonamides is 1. The maximum Gasteiger partial charge on any atom is 0.420 e. The van der Waals surface area contributed by atoms with Gasteiger partial charge in [-0.2, -0.15) is 18.3 Å². The van der Waals surface area contributed by atoms with Crippen LogP contribution in [0.5, 0.6) is 11.6 Å². The zero-order valence-electron chi connectivity index (χ0n) is 18.7. The Morgan fingerprint density at radius 1 is 1.17 bits per heavy atom. The Labute approximate surface area is 204 Å². The van der Waals surface area contributed by atoms with E-state index in [9.17, 15) is 26.4 Å². The smallest absolute Gasteiger partial charge is 0.420 e. The number of primary sulfonamides is 1. The molecule has 1 amide bonds. The van der Waals surface area contributed by atoms with Crippen molar-refractivity contribution in [1.82, 2.24) is 20.1 Å². The van der Waals surface area contributed by atoms with Gasteiger partial charge < -0.3 is 10.1 Å². The molecular weight excluding hydrogens is 511 g/mol. The monoisotopic (exact) mass is 531 g/mol. The summed E-state index contributed by atoms with van der Waals surface area (Å²) in [5.74, 6) is -1.59. The summed E-state index contributed by atoms with van der Waals surface area (Å²) < 4.78 is 69.6. The molecule has 35 heavy (non-hydrogen) atoms. The minimum atomic E-state index is -4.71. The molecular formula is C21H21ClF3N5O4S. The standard InChI is InChI=1S/C21H21ClF3N5O4S/c1-20(2,3)30-19(34-15-11-27-9-8-14(15)21(23,24)25)16(22)17(29-30)18(31)28-10-12-4-6-13(7-5-12)35(26,32)33/h4-9,11H,10H2,1-3H3,(H,28,31)(H2,26,32,33). The molecule has 2 heterocycles. The normalized spacial score (nSPS) is 12.5. The van der Waals surface area contributed by atoms with Crippen LogP contribution in [0.15, 0.2) is 47.6 Å². The van der Waals surface area contributed by atoms with Crippen molar-refractivity contribution in [3.8, 4) is 11.6 Å². The molecule has 14 heteroatoms. The van der Waals surface area contributed by atoms with Crippen LogP contribution in [-0.4, -0.2) is 29.1 Å². The molecule has 0 saturated heterocycles. The van der Waals surface area contributed by atoms with Crippen LogP contribution in [0.25, 0.3) is 0 Å². The fourth-order valence-corrected chi connectivity index (χ4v) is 3.69. The molecule has 0 saturated carbocycles. The van der Waals surface area contributed by atoms with Crippen molar-refractivity contribution in [3.63, 3.8) is 0 Å². The SMILES string of the molecule is CC(C)(C)n1nc(C(=O)NCc2ccc(S(N)(=O)=O)cc2)c(Cl)c1Oc1cnccc1C(F)(F)F. The molecule has 0 unspecified atom stereocenters. The van der Waals surface area contributed by atoms with Crippen LogP contribution >= 0.6 is 11.6 Å². The van der Waals surface area contributed by atoms with E-state index in [2.05, 4.69) is 15.4 Å². The lowest BCUT2D eigenvalue weighted by Crippen LogP contribution is -2.26. The van der Waals surface area contributed by atoms with Gasteiger partial charge in [-0.25, -0.2) is 18.2 Å². The second kappa shape index (κ2) is 9.47. The predicted octanol–water partition coefficient (Wildman–Crippen LogP) is 4.08. The van der Waals surface area contributed by atoms with Gasteiger partial charge in [0, 0.05) is 12.7 Å². The molecule has 0 aliphatic heterocycles. The third-order valence-corrected chi connectivity index (χ3v) is 5.91. The molecule has 0 atom stereocenters. The number of rotatable bonds is 6. The Hall–Kier alpha value is -3.16. The number of pyridine rings is 1. The zero-order valence-corrected chi connectivity index (χ0v) is 20.3. The largest absolute Gasteiger partial charge is 0.435 e. The van der Waals surface area contributed by atoms with E-state index in [4.69, 9.17) is 21.5 Å². The van der Waals surface area contributed by atoms with Crippen LogP contribution in [0.2, 0.25) is 5.02 Å². The second-order valence-electron chi connectivity index (χ2n) is 8.39. The van der Waals surface area contributed by atoms with Crippen LogP contribution in [0.1, 0.15) is 42.4 Å². The molecule has 9 nitrogen and oxygen atoms in total. The molecule has 2 aromatic heterocycles. The summed E-state index contributed by atoms with van der Waals surface area (Å²) >= 11 is 6.35. The van der Waals surface area contributed by atoms with Gasteiger partial charge in [0.2, 0.25) is 15.9 Å². The Kier molecular flexibility index (Phi) is 7.16. The molecule has 188 valence electrons. The minimum Gasteiger partial charge on any atom is -0.435 e. The second-order valence-corrected chi connectivity index (χ2v) is 10.3. The highest BCUT2D eigenvalue weighted by atomic mass is 35.5. The van der Waals surface area contributed by atoms with Gasteiger partial charge in [0.05, 0.1) is 16.6 Å². The van der Waals surface area contributed by atoms with E-state index in [1.165, 1.54) is 28.9 Å². The molecule has 0 bridgehead atoms. The maximum absolute atomic E-state index is 13.4. The lowest BCUT2D eigenvalue weighted by molar-refractivity contribution is -0.138. The van der Waals surface area contributed by atoms with E-state index in [1.807, 2.05) is 0 Å². The van der Waals surface area contributed by atoms with E-state index in [1.54, 1.807) is 20.8 Å². The molecule has 0 radical (unpaired) electrons. The van der Waals surface area contributed by atoms with Gasteiger partial charge in [0.15, 0.2) is 11.4 Å². The summed E-state index contributed by atoms with van der Waals surface area (Å²) in [6.07, 6.45) is -2.84. The first-order chi connectivity index (χ1) is 16.1. The van der Waals surface area contributed by atoms with Crippen LogP contribution in [0.3, 0.4) is 0 Å². The molecule has 3 N–H and O–H groups in total. The molecule has 0 spiro atoms. The van der Waals surface area contributed by atoms with Crippen LogP contribution in [0.4, 0.5) is 13.2 Å². The highest BCUT2D eigenvalue weighted by molar-refractivity contribution is 7.89. The molecule has 1 aromatic carbocycles. The molecule has 0 fully saturated rings. The van der Waals surface area contributed by atoms with Gasteiger partial charge in [-0.1, -0.05) is 23.7 Å². The van der Waals surface area contributed by atoms with Crippen molar-refractivity contribution in [2.24, 2.45) is 5.14 Å². The molecule has 3 aromatic rings. The highest BCUT2D eigenvalue weighted by Gasteiger charge is 2.36. The number of nitrogens with one attached hydrogen (secondary N) is 1. The van der Waals surface area contributed by atoms with E-state index in [-0.39, 0.29) is 28.0 Å². The number of carbonyl (C=O) groups excluding carboxylic acids is 1. The van der Waals surface area contributed by atoms with Crippen molar-refractivity contribution in [1.29, 1.82) is 0 Å². The number of nitrogens with zero attached hydrogens (tertiary/aromatic N) is 3. The number of ether oxygens (including phenoxy) is 1. The lowest BCUT2D eigenvalue weighted by Gasteiger charge is -2.22. The third kappa shape index (κ3) is 6.10. The van der Waals surface area contributed by atoms with Crippen molar-refractivity contribution in [2.75, 3.05) is 0 Å². The average Bonchev–Trinajstić information content (AvgIpc) is 3.08. The number of hydrogen-bond acceptors (Lipinski definition) is 6.